The van der Waals surface area contributed by atoms with E-state index in [2.05, 4.69) is 10.6 Å². The Morgan fingerprint density at radius 3 is 2.52 bits per heavy atom. The lowest BCUT2D eigenvalue weighted by Gasteiger charge is -2.29. The summed E-state index contributed by atoms with van der Waals surface area (Å²) in [6, 6.07) is 3.81. The number of esters is 1. The first kappa shape index (κ1) is 15.7. The highest BCUT2D eigenvalue weighted by Gasteiger charge is 2.34. The van der Waals surface area contributed by atoms with Crippen LogP contribution in [0.3, 0.4) is 0 Å². The van der Waals surface area contributed by atoms with Crippen LogP contribution in [0.2, 0.25) is 10.0 Å². The molecule has 0 radical (unpaired) electrons. The number of allylic oxidation sites excluding steroid dienone is 1. The molecule has 1 atom stereocenters. The van der Waals surface area contributed by atoms with E-state index < -0.39 is 18.0 Å². The summed E-state index contributed by atoms with van der Waals surface area (Å²) in [4.78, 5) is 23.9. The Labute approximate surface area is 132 Å². The lowest BCUT2D eigenvalue weighted by molar-refractivity contribution is -0.139. The monoisotopic (exact) mass is 328 g/mol. The van der Waals surface area contributed by atoms with E-state index in [1.54, 1.807) is 32.0 Å². The summed E-state index contributed by atoms with van der Waals surface area (Å²) >= 11 is 12.3. The Kier molecular flexibility index (Phi) is 4.75. The summed E-state index contributed by atoms with van der Waals surface area (Å²) < 4.78 is 5.04. The molecule has 7 heteroatoms. The van der Waals surface area contributed by atoms with Crippen LogP contribution in [0.25, 0.3) is 0 Å². The highest BCUT2D eigenvalue weighted by atomic mass is 35.5. The van der Waals surface area contributed by atoms with Gasteiger partial charge in [0.05, 0.1) is 18.2 Å². The van der Waals surface area contributed by atoms with Gasteiger partial charge in [-0.1, -0.05) is 29.3 Å². The molecule has 1 heterocycles. The van der Waals surface area contributed by atoms with Crippen LogP contribution in [0.5, 0.6) is 0 Å². The molecule has 0 saturated heterocycles. The Hall–Kier alpha value is -1.72. The summed E-state index contributed by atoms with van der Waals surface area (Å²) in [5, 5.41) is 5.94. The van der Waals surface area contributed by atoms with E-state index in [9.17, 15) is 9.59 Å². The second-order valence-corrected chi connectivity index (χ2v) is 5.24. The molecule has 2 N–H and O–H groups in total. The van der Waals surface area contributed by atoms with Gasteiger partial charge in [0.2, 0.25) is 0 Å². The summed E-state index contributed by atoms with van der Waals surface area (Å²) in [7, 11) is 0. The van der Waals surface area contributed by atoms with Crippen molar-refractivity contribution in [3.8, 4) is 0 Å². The second-order valence-electron chi connectivity index (χ2n) is 4.43. The van der Waals surface area contributed by atoms with Crippen LogP contribution in [-0.4, -0.2) is 18.6 Å². The number of ether oxygens (including phenoxy) is 1. The van der Waals surface area contributed by atoms with Gasteiger partial charge >= 0.3 is 12.0 Å². The fourth-order valence-corrected chi connectivity index (χ4v) is 2.79. The first-order valence-corrected chi connectivity index (χ1v) is 7.10. The third-order valence-corrected chi connectivity index (χ3v) is 3.71. The molecule has 21 heavy (non-hydrogen) atoms. The molecule has 0 fully saturated rings. The highest BCUT2D eigenvalue weighted by molar-refractivity contribution is 6.36. The Bertz CT molecular complexity index is 608. The largest absolute Gasteiger partial charge is 0.463 e. The molecule has 0 aliphatic carbocycles. The highest BCUT2D eigenvalue weighted by Crippen LogP contribution is 2.36. The molecule has 2 rings (SSSR count). The number of urea groups is 1. The molecule has 1 aliphatic heterocycles. The van der Waals surface area contributed by atoms with Crippen LogP contribution in [0.4, 0.5) is 4.79 Å². The van der Waals surface area contributed by atoms with Crippen molar-refractivity contribution in [1.82, 2.24) is 10.6 Å². The zero-order valence-electron chi connectivity index (χ0n) is 11.5. The van der Waals surface area contributed by atoms with Crippen LogP contribution < -0.4 is 10.6 Å². The molecule has 5 nitrogen and oxygen atoms in total. The lowest BCUT2D eigenvalue weighted by atomic mass is 9.95. The van der Waals surface area contributed by atoms with Crippen molar-refractivity contribution in [3.05, 3.63) is 45.1 Å². The molecule has 0 bridgehead atoms. The number of benzene rings is 1. The quantitative estimate of drug-likeness (QED) is 0.837. The zero-order chi connectivity index (χ0) is 15.6. The van der Waals surface area contributed by atoms with Gasteiger partial charge in [-0.2, -0.15) is 0 Å². The van der Waals surface area contributed by atoms with Crippen LogP contribution in [0, 0.1) is 0 Å². The molecule has 0 spiro atoms. The molecule has 1 aliphatic rings. The van der Waals surface area contributed by atoms with E-state index in [-0.39, 0.29) is 12.2 Å². The van der Waals surface area contributed by atoms with Gasteiger partial charge in [-0.05, 0) is 26.0 Å². The van der Waals surface area contributed by atoms with E-state index >= 15 is 0 Å². The van der Waals surface area contributed by atoms with Gasteiger partial charge in [0.25, 0.3) is 0 Å². The maximum absolute atomic E-state index is 12.2. The Morgan fingerprint density at radius 1 is 1.33 bits per heavy atom. The first-order chi connectivity index (χ1) is 9.95. The van der Waals surface area contributed by atoms with Crippen molar-refractivity contribution in [2.45, 2.75) is 19.9 Å². The molecule has 1 aromatic carbocycles. The van der Waals surface area contributed by atoms with E-state index in [1.165, 1.54) is 0 Å². The SMILES string of the molecule is CCOC(=O)C1=C(C)NC(=O)N[C@H]1c1c(Cl)cccc1Cl. The number of amides is 2. The smallest absolute Gasteiger partial charge is 0.338 e. The minimum absolute atomic E-state index is 0.229. The number of hydrogen-bond donors (Lipinski definition) is 2. The van der Waals surface area contributed by atoms with Crippen molar-refractivity contribution < 1.29 is 14.3 Å². The van der Waals surface area contributed by atoms with Gasteiger partial charge < -0.3 is 15.4 Å². The van der Waals surface area contributed by atoms with E-state index in [0.29, 0.717) is 21.3 Å². The number of carbonyl (C=O) groups excluding carboxylic acids is 2. The average Bonchev–Trinajstić information content (AvgIpc) is 2.37. The fraction of sp³-hybridized carbons (Fsp3) is 0.286. The van der Waals surface area contributed by atoms with Gasteiger partial charge in [-0.25, -0.2) is 9.59 Å². The van der Waals surface area contributed by atoms with Gasteiger partial charge in [0, 0.05) is 21.3 Å². The minimum Gasteiger partial charge on any atom is -0.463 e. The van der Waals surface area contributed by atoms with Gasteiger partial charge in [-0.3, -0.25) is 0 Å². The number of hydrogen-bond acceptors (Lipinski definition) is 3. The molecule has 2 amide bonds. The van der Waals surface area contributed by atoms with Crippen LogP contribution in [-0.2, 0) is 9.53 Å². The van der Waals surface area contributed by atoms with Crippen molar-refractivity contribution in [3.63, 3.8) is 0 Å². The summed E-state index contributed by atoms with van der Waals surface area (Å²) in [6.07, 6.45) is 0. The molecule has 1 aromatic rings. The topological polar surface area (TPSA) is 67.4 Å². The third-order valence-electron chi connectivity index (χ3n) is 3.05. The molecule has 0 saturated carbocycles. The lowest BCUT2D eigenvalue weighted by Crippen LogP contribution is -2.45. The summed E-state index contributed by atoms with van der Waals surface area (Å²) in [6.45, 7) is 3.56. The van der Waals surface area contributed by atoms with E-state index in [4.69, 9.17) is 27.9 Å². The molecule has 0 aromatic heterocycles. The molecule has 0 unspecified atom stereocenters. The van der Waals surface area contributed by atoms with Crippen molar-refractivity contribution >= 4 is 35.2 Å². The van der Waals surface area contributed by atoms with Gasteiger partial charge in [0.15, 0.2) is 0 Å². The molecular formula is C14H14Cl2N2O3. The maximum Gasteiger partial charge on any atom is 0.338 e. The fourth-order valence-electron chi connectivity index (χ4n) is 2.18. The van der Waals surface area contributed by atoms with E-state index in [0.717, 1.165) is 0 Å². The standard InChI is InChI=1S/C14H14Cl2N2O3/c1-3-21-13(19)10-7(2)17-14(20)18-12(10)11-8(15)5-4-6-9(11)16/h4-6,12H,3H2,1-2H3,(H2,17,18,20)/t12-/m1/s1. The maximum atomic E-state index is 12.2. The minimum atomic E-state index is -0.751. The Morgan fingerprint density at radius 2 is 1.95 bits per heavy atom. The first-order valence-electron chi connectivity index (χ1n) is 6.35. The Balaban J connectivity index is 2.55. The second kappa shape index (κ2) is 6.37. The predicted octanol–water partition coefficient (Wildman–Crippen LogP) is 3.18. The number of halogens is 2. The summed E-state index contributed by atoms with van der Waals surface area (Å²) in [5.41, 5.74) is 1.17. The summed E-state index contributed by atoms with van der Waals surface area (Å²) in [5.74, 6) is -0.525. The van der Waals surface area contributed by atoms with Crippen LogP contribution in [0.1, 0.15) is 25.5 Å². The third kappa shape index (κ3) is 3.14. The van der Waals surface area contributed by atoms with Gasteiger partial charge in [-0.15, -0.1) is 0 Å². The number of nitrogens with one attached hydrogen (secondary N) is 2. The zero-order valence-corrected chi connectivity index (χ0v) is 13.0. The molecular weight excluding hydrogens is 315 g/mol. The van der Waals surface area contributed by atoms with Crippen molar-refractivity contribution in [2.75, 3.05) is 6.61 Å². The van der Waals surface area contributed by atoms with Crippen molar-refractivity contribution in [2.24, 2.45) is 0 Å². The average molecular weight is 329 g/mol. The number of carbonyl (C=O) groups is 2. The van der Waals surface area contributed by atoms with Crippen molar-refractivity contribution in [1.29, 1.82) is 0 Å². The van der Waals surface area contributed by atoms with E-state index in [1.807, 2.05) is 0 Å². The molecule has 112 valence electrons. The van der Waals surface area contributed by atoms with Gasteiger partial charge in [0.1, 0.15) is 0 Å². The predicted molar refractivity (Wildman–Crippen MR) is 80.2 cm³/mol. The van der Waals surface area contributed by atoms with Crippen LogP contribution in [0.15, 0.2) is 29.5 Å². The normalized spacial score (nSPS) is 18.1. The van der Waals surface area contributed by atoms with Crippen LogP contribution >= 0.6 is 23.2 Å². The number of rotatable bonds is 3.